The Balaban J connectivity index is 1.67. The van der Waals surface area contributed by atoms with E-state index in [-0.39, 0.29) is 11.4 Å². The molecular formula is C18H16N6O10S3. The highest BCUT2D eigenvalue weighted by Gasteiger charge is 2.50. The van der Waals surface area contributed by atoms with Crippen LogP contribution in [0.2, 0.25) is 0 Å². The van der Waals surface area contributed by atoms with Gasteiger partial charge in [0.05, 0.1) is 32.7 Å². The average molecular weight is 573 g/mol. The summed E-state index contributed by atoms with van der Waals surface area (Å²) in [6, 6.07) is 7.46. The number of non-ortho nitro benzene ring substituents is 2. The maximum absolute atomic E-state index is 13.5. The first-order valence-electron chi connectivity index (χ1n) is 10.1. The number of nitrogens with one attached hydrogen (secondary N) is 2. The predicted octanol–water partition coefficient (Wildman–Crippen LogP) is -0.264. The highest BCUT2D eigenvalue weighted by Crippen LogP contribution is 2.28. The van der Waals surface area contributed by atoms with Gasteiger partial charge >= 0.3 is 0 Å². The minimum atomic E-state index is -4.62. The van der Waals surface area contributed by atoms with Crippen molar-refractivity contribution in [3.63, 3.8) is 0 Å². The van der Waals surface area contributed by atoms with Gasteiger partial charge in [0.1, 0.15) is 10.5 Å². The molecule has 2 atom stereocenters. The Bertz CT molecular complexity index is 1550. The van der Waals surface area contributed by atoms with Crippen LogP contribution in [0.3, 0.4) is 0 Å². The summed E-state index contributed by atoms with van der Waals surface area (Å²) in [4.78, 5) is 19.3. The van der Waals surface area contributed by atoms with Crippen LogP contribution in [0.1, 0.15) is 0 Å². The van der Waals surface area contributed by atoms with Crippen LogP contribution in [0.4, 0.5) is 11.4 Å². The van der Waals surface area contributed by atoms with Gasteiger partial charge in [-0.05, 0) is 24.3 Å². The smallest absolute Gasteiger partial charge is 0.269 e. The van der Waals surface area contributed by atoms with Crippen molar-refractivity contribution in [2.24, 2.45) is 10.2 Å². The molecule has 2 heterocycles. The minimum absolute atomic E-state index is 0.385. The van der Waals surface area contributed by atoms with Crippen molar-refractivity contribution < 1.29 is 35.1 Å². The van der Waals surface area contributed by atoms with Crippen LogP contribution in [0.5, 0.6) is 0 Å². The van der Waals surface area contributed by atoms with E-state index in [9.17, 15) is 45.5 Å². The SMILES string of the molecule is O=[N+]([O-])c1ccc(S(=O)(=O)C2=NNCC2S(=O)(=O)C2CNN=C2S(=O)(=O)c2ccc([N+](=O)[O-])cc2)cc1. The molecule has 2 aliphatic rings. The molecule has 4 rings (SSSR count). The molecule has 0 bridgehead atoms. The topological polar surface area (TPSA) is 237 Å². The number of sulfone groups is 3. The molecule has 0 amide bonds. The monoisotopic (exact) mass is 572 g/mol. The van der Waals surface area contributed by atoms with Crippen LogP contribution >= 0.6 is 0 Å². The lowest BCUT2D eigenvalue weighted by atomic mass is 10.3. The van der Waals surface area contributed by atoms with Gasteiger partial charge in [0, 0.05) is 24.3 Å². The van der Waals surface area contributed by atoms with E-state index in [0.29, 0.717) is 0 Å². The second-order valence-electron chi connectivity index (χ2n) is 7.70. The van der Waals surface area contributed by atoms with Gasteiger partial charge in [-0.15, -0.1) is 0 Å². The molecular weight excluding hydrogens is 556 g/mol. The van der Waals surface area contributed by atoms with Crippen LogP contribution in [0.25, 0.3) is 0 Å². The summed E-state index contributed by atoms with van der Waals surface area (Å²) in [6.07, 6.45) is 0. The van der Waals surface area contributed by atoms with Gasteiger partial charge in [-0.25, -0.2) is 25.3 Å². The van der Waals surface area contributed by atoms with Crippen molar-refractivity contribution in [1.29, 1.82) is 0 Å². The van der Waals surface area contributed by atoms with Crippen molar-refractivity contribution in [1.82, 2.24) is 10.9 Å². The third-order valence-electron chi connectivity index (χ3n) is 5.54. The molecule has 196 valence electrons. The number of nitrogens with zero attached hydrogens (tertiary/aromatic N) is 4. The van der Waals surface area contributed by atoms with Gasteiger partial charge in [0.25, 0.3) is 11.4 Å². The zero-order chi connectivity index (χ0) is 27.2. The normalized spacial score (nSPS) is 19.9. The summed E-state index contributed by atoms with van der Waals surface area (Å²) in [5, 5.41) is 23.8. The Labute approximate surface area is 209 Å². The molecule has 0 aliphatic carbocycles. The van der Waals surface area contributed by atoms with Crippen LogP contribution in [0, 0.1) is 20.2 Å². The highest BCUT2D eigenvalue weighted by atomic mass is 32.2. The molecule has 0 spiro atoms. The molecule has 19 heteroatoms. The molecule has 2 N–H and O–H groups in total. The van der Waals surface area contributed by atoms with E-state index in [1.165, 1.54) is 0 Å². The summed E-state index contributed by atoms with van der Waals surface area (Å²) < 4.78 is 79.7. The number of nitro groups is 2. The molecule has 37 heavy (non-hydrogen) atoms. The highest BCUT2D eigenvalue weighted by molar-refractivity contribution is 8.11. The molecule has 2 unspecified atom stereocenters. The van der Waals surface area contributed by atoms with E-state index in [1.807, 2.05) is 0 Å². The zero-order valence-corrected chi connectivity index (χ0v) is 20.7. The molecule has 0 saturated heterocycles. The molecule has 16 nitrogen and oxygen atoms in total. The number of benzene rings is 2. The number of rotatable bonds is 6. The Hall–Kier alpha value is -3.97. The Morgan fingerprint density at radius 3 is 1.27 bits per heavy atom. The van der Waals surface area contributed by atoms with Gasteiger partial charge in [-0.1, -0.05) is 0 Å². The number of hydrogen-bond acceptors (Lipinski definition) is 14. The van der Waals surface area contributed by atoms with Crippen molar-refractivity contribution in [3.05, 3.63) is 68.8 Å². The van der Waals surface area contributed by atoms with Crippen LogP contribution in [-0.2, 0) is 29.5 Å². The van der Waals surface area contributed by atoms with E-state index in [1.54, 1.807) is 0 Å². The molecule has 0 radical (unpaired) electrons. The maximum atomic E-state index is 13.5. The molecule has 0 aromatic heterocycles. The molecule has 0 saturated carbocycles. The van der Waals surface area contributed by atoms with Gasteiger partial charge in [-0.3, -0.25) is 20.2 Å². The summed E-state index contributed by atoms with van der Waals surface area (Å²) in [5.74, 6) is 0. The first-order valence-corrected chi connectivity index (χ1v) is 14.7. The lowest BCUT2D eigenvalue weighted by Gasteiger charge is -2.19. The van der Waals surface area contributed by atoms with Gasteiger partial charge in [0.2, 0.25) is 19.7 Å². The van der Waals surface area contributed by atoms with Crippen molar-refractivity contribution in [3.8, 4) is 0 Å². The molecule has 2 aromatic rings. The number of hydrogen-bond donors (Lipinski definition) is 2. The third-order valence-corrected chi connectivity index (χ3v) is 11.8. The fourth-order valence-corrected chi connectivity index (χ4v) is 9.59. The summed E-state index contributed by atoms with van der Waals surface area (Å²) in [5.41, 5.74) is 3.84. The van der Waals surface area contributed by atoms with E-state index in [2.05, 4.69) is 21.1 Å². The third kappa shape index (κ3) is 4.51. The van der Waals surface area contributed by atoms with Gasteiger partial charge < -0.3 is 10.9 Å². The Morgan fingerprint density at radius 1 is 0.649 bits per heavy atom. The number of nitro benzene ring substituents is 2. The second-order valence-corrected chi connectivity index (χ2v) is 13.8. The molecule has 0 fully saturated rings. The van der Waals surface area contributed by atoms with Crippen molar-refractivity contribution in [2.75, 3.05) is 13.1 Å². The largest absolute Gasteiger partial charge is 0.307 e. The number of hydrazone groups is 2. The minimum Gasteiger partial charge on any atom is -0.307 e. The van der Waals surface area contributed by atoms with Crippen LogP contribution in [-0.4, -0.2) is 68.8 Å². The van der Waals surface area contributed by atoms with Crippen LogP contribution < -0.4 is 10.9 Å². The second kappa shape index (κ2) is 9.16. The van der Waals surface area contributed by atoms with E-state index in [4.69, 9.17) is 0 Å². The van der Waals surface area contributed by atoms with E-state index < -0.39 is 82.8 Å². The van der Waals surface area contributed by atoms with Gasteiger partial charge in [0.15, 0.2) is 19.9 Å². The fourth-order valence-electron chi connectivity index (χ4n) is 3.64. The Morgan fingerprint density at radius 2 is 0.973 bits per heavy atom. The van der Waals surface area contributed by atoms with E-state index >= 15 is 0 Å². The lowest BCUT2D eigenvalue weighted by Crippen LogP contribution is -2.46. The predicted molar refractivity (Wildman–Crippen MR) is 128 cm³/mol. The van der Waals surface area contributed by atoms with Gasteiger partial charge in [-0.2, -0.15) is 10.2 Å². The molecule has 2 aliphatic heterocycles. The van der Waals surface area contributed by atoms with Crippen molar-refractivity contribution >= 4 is 51.0 Å². The zero-order valence-electron chi connectivity index (χ0n) is 18.3. The summed E-state index contributed by atoms with van der Waals surface area (Å²) >= 11 is 0. The average Bonchev–Trinajstić information content (AvgIpc) is 3.56. The van der Waals surface area contributed by atoms with E-state index in [0.717, 1.165) is 48.5 Å². The standard InChI is InChI=1S/C18H16N6O10S3/c25-23(26)11-1-5-13(6-2-11)35(29,30)17-15(9-19-21-17)37(33,34)16-10-20-22-18(16)36(31,32)14-7-3-12(4-8-14)24(27)28/h1-8,15-16,19-20H,9-10H2. The first-order chi connectivity index (χ1) is 17.3. The van der Waals surface area contributed by atoms with Crippen molar-refractivity contribution in [2.45, 2.75) is 20.3 Å². The Kier molecular flexibility index (Phi) is 6.46. The summed E-state index contributed by atoms with van der Waals surface area (Å²) in [6.45, 7) is -0.962. The maximum Gasteiger partial charge on any atom is 0.269 e. The quantitative estimate of drug-likeness (QED) is 0.336. The van der Waals surface area contributed by atoms with Crippen LogP contribution in [0.15, 0.2) is 68.5 Å². The first kappa shape index (κ1) is 26.1. The molecule has 2 aromatic carbocycles. The fraction of sp³-hybridized carbons (Fsp3) is 0.222. The lowest BCUT2D eigenvalue weighted by molar-refractivity contribution is -0.385. The summed E-state index contributed by atoms with van der Waals surface area (Å²) in [7, 11) is -13.7.